The molecule has 1 aliphatic rings. The fraction of sp³-hybridized carbons (Fsp3) is 0.333. The highest BCUT2D eigenvalue weighted by atomic mass is 16.5. The van der Waals surface area contributed by atoms with Crippen molar-refractivity contribution in [3.8, 4) is 0 Å². The molecule has 2 aromatic heterocycles. The summed E-state index contributed by atoms with van der Waals surface area (Å²) in [6.45, 7) is 0.707. The van der Waals surface area contributed by atoms with E-state index in [9.17, 15) is 4.79 Å². The predicted octanol–water partition coefficient (Wildman–Crippen LogP) is 1.93. The fourth-order valence-electron chi connectivity index (χ4n) is 3.04. The minimum absolute atomic E-state index is 0.0140. The summed E-state index contributed by atoms with van der Waals surface area (Å²) in [7, 11) is 1.93. The van der Waals surface area contributed by atoms with E-state index in [4.69, 9.17) is 4.52 Å². The third kappa shape index (κ3) is 1.97. The van der Waals surface area contributed by atoms with Crippen LogP contribution < -0.4 is 0 Å². The molecule has 1 unspecified atom stereocenters. The van der Waals surface area contributed by atoms with Gasteiger partial charge < -0.3 is 14.0 Å². The van der Waals surface area contributed by atoms with Crippen LogP contribution in [-0.4, -0.2) is 37.0 Å². The number of aryl methyl sites for hydroxylation is 1. The summed E-state index contributed by atoms with van der Waals surface area (Å²) in [6, 6.07) is 5.50. The van der Waals surface area contributed by atoms with E-state index in [1.165, 1.54) is 6.39 Å². The summed E-state index contributed by atoms with van der Waals surface area (Å²) < 4.78 is 6.74. The van der Waals surface area contributed by atoms with Crippen LogP contribution in [0.5, 0.6) is 0 Å². The van der Waals surface area contributed by atoms with E-state index in [2.05, 4.69) is 15.1 Å². The van der Waals surface area contributed by atoms with Gasteiger partial charge >= 0.3 is 0 Å². The van der Waals surface area contributed by atoms with E-state index < -0.39 is 0 Å². The Morgan fingerprint density at radius 2 is 2.27 bits per heavy atom. The van der Waals surface area contributed by atoms with Crippen molar-refractivity contribution in [2.45, 2.75) is 18.9 Å². The highest BCUT2D eigenvalue weighted by molar-refractivity contribution is 5.97. The smallest absolute Gasteiger partial charge is 0.254 e. The maximum Gasteiger partial charge on any atom is 0.254 e. The number of aromatic nitrogens is 4. The molecule has 1 fully saturated rings. The van der Waals surface area contributed by atoms with E-state index >= 15 is 0 Å². The van der Waals surface area contributed by atoms with Crippen LogP contribution in [0.4, 0.5) is 0 Å². The first-order valence-electron chi connectivity index (χ1n) is 7.22. The third-order valence-electron chi connectivity index (χ3n) is 4.16. The minimum atomic E-state index is -0.106. The quantitative estimate of drug-likeness (QED) is 0.722. The highest BCUT2D eigenvalue weighted by Crippen LogP contribution is 2.31. The molecule has 3 aromatic rings. The Bertz CT molecular complexity index is 824. The number of nitrogens with zero attached hydrogens (tertiary/aromatic N) is 5. The lowest BCUT2D eigenvalue weighted by Gasteiger charge is -2.22. The van der Waals surface area contributed by atoms with Gasteiger partial charge in [-0.05, 0) is 31.0 Å². The van der Waals surface area contributed by atoms with Crippen molar-refractivity contribution < 1.29 is 9.32 Å². The number of carbonyl (C=O) groups excluding carboxylic acids is 1. The first-order chi connectivity index (χ1) is 10.7. The Morgan fingerprint density at radius 3 is 3.09 bits per heavy atom. The Labute approximate surface area is 126 Å². The molecule has 112 valence electrons. The van der Waals surface area contributed by atoms with Crippen LogP contribution in [-0.2, 0) is 7.05 Å². The molecule has 1 aliphatic heterocycles. The number of carbonyl (C=O) groups is 1. The molecule has 0 bridgehead atoms. The number of likely N-dealkylation sites (tertiary alicyclic amines) is 1. The molecule has 0 N–H and O–H groups in total. The van der Waals surface area contributed by atoms with Gasteiger partial charge in [-0.15, -0.1) is 0 Å². The van der Waals surface area contributed by atoms with Crippen molar-refractivity contribution >= 4 is 16.9 Å². The summed E-state index contributed by atoms with van der Waals surface area (Å²) in [5.74, 6) is 0.560. The number of imidazole rings is 1. The molecule has 1 amide bonds. The predicted molar refractivity (Wildman–Crippen MR) is 78.0 cm³/mol. The standard InChI is InChI=1S/C15H15N5O2/c1-19-8-16-11-7-10(4-5-12(11)19)15(21)20-6-2-3-13(20)14-17-9-22-18-14/h4-5,7-9,13H,2-3,6H2,1H3. The average Bonchev–Trinajstić information content (AvgIpc) is 3.26. The van der Waals surface area contributed by atoms with Crippen molar-refractivity contribution in [1.29, 1.82) is 0 Å². The topological polar surface area (TPSA) is 77.0 Å². The monoisotopic (exact) mass is 297 g/mol. The Kier molecular flexibility index (Phi) is 2.92. The number of amides is 1. The summed E-state index contributed by atoms with van der Waals surface area (Å²) in [5, 5.41) is 3.88. The number of hydrogen-bond donors (Lipinski definition) is 0. The molecule has 1 atom stereocenters. The first kappa shape index (κ1) is 13.0. The summed E-state index contributed by atoms with van der Waals surface area (Å²) in [4.78, 5) is 23.0. The largest absolute Gasteiger partial charge is 0.343 e. The fourth-order valence-corrected chi connectivity index (χ4v) is 3.04. The molecule has 3 heterocycles. The van der Waals surface area contributed by atoms with Crippen molar-refractivity contribution in [2.24, 2.45) is 7.05 Å². The van der Waals surface area contributed by atoms with Gasteiger partial charge in [-0.25, -0.2) is 4.98 Å². The van der Waals surface area contributed by atoms with Gasteiger partial charge in [0.2, 0.25) is 6.39 Å². The van der Waals surface area contributed by atoms with Gasteiger partial charge in [-0.2, -0.15) is 4.98 Å². The molecular formula is C15H15N5O2. The molecule has 0 radical (unpaired) electrons. The molecule has 1 saturated heterocycles. The lowest BCUT2D eigenvalue weighted by molar-refractivity contribution is 0.0728. The molecular weight excluding hydrogens is 282 g/mol. The second-order valence-electron chi connectivity index (χ2n) is 5.50. The van der Waals surface area contributed by atoms with Crippen LogP contribution in [0, 0.1) is 0 Å². The summed E-state index contributed by atoms with van der Waals surface area (Å²) >= 11 is 0. The number of rotatable bonds is 2. The molecule has 4 rings (SSSR count). The second kappa shape index (κ2) is 4.94. The van der Waals surface area contributed by atoms with Crippen LogP contribution in [0.3, 0.4) is 0 Å². The number of benzene rings is 1. The van der Waals surface area contributed by atoms with Gasteiger partial charge in [-0.1, -0.05) is 5.16 Å². The maximum absolute atomic E-state index is 12.8. The zero-order valence-electron chi connectivity index (χ0n) is 12.1. The molecule has 7 heteroatoms. The zero-order chi connectivity index (χ0) is 15.1. The third-order valence-corrected chi connectivity index (χ3v) is 4.16. The lowest BCUT2D eigenvalue weighted by Crippen LogP contribution is -2.31. The summed E-state index contributed by atoms with van der Waals surface area (Å²) in [5.41, 5.74) is 2.47. The zero-order valence-corrected chi connectivity index (χ0v) is 12.1. The lowest BCUT2D eigenvalue weighted by atomic mass is 10.1. The SMILES string of the molecule is Cn1cnc2cc(C(=O)N3CCCC3c3ncon3)ccc21. The van der Waals surface area contributed by atoms with Gasteiger partial charge in [0.15, 0.2) is 5.82 Å². The van der Waals surface area contributed by atoms with E-state index in [1.54, 1.807) is 6.33 Å². The van der Waals surface area contributed by atoms with Gasteiger partial charge in [0, 0.05) is 19.2 Å². The number of fused-ring (bicyclic) bond motifs is 1. The molecule has 0 spiro atoms. The minimum Gasteiger partial charge on any atom is -0.343 e. The van der Waals surface area contributed by atoms with E-state index in [1.807, 2.05) is 34.7 Å². The van der Waals surface area contributed by atoms with Crippen molar-refractivity contribution in [3.05, 3.63) is 42.3 Å². The Hall–Kier alpha value is -2.70. The Balaban J connectivity index is 1.67. The molecule has 22 heavy (non-hydrogen) atoms. The Morgan fingerprint density at radius 1 is 1.36 bits per heavy atom. The molecule has 7 nitrogen and oxygen atoms in total. The van der Waals surface area contributed by atoms with Crippen LogP contribution in [0.25, 0.3) is 11.0 Å². The van der Waals surface area contributed by atoms with E-state index in [-0.39, 0.29) is 11.9 Å². The highest BCUT2D eigenvalue weighted by Gasteiger charge is 2.33. The van der Waals surface area contributed by atoms with Crippen LogP contribution in [0.15, 0.2) is 35.4 Å². The van der Waals surface area contributed by atoms with Gasteiger partial charge in [0.1, 0.15) is 0 Å². The van der Waals surface area contributed by atoms with Crippen molar-refractivity contribution in [1.82, 2.24) is 24.6 Å². The van der Waals surface area contributed by atoms with E-state index in [0.717, 1.165) is 23.9 Å². The normalized spacial score (nSPS) is 18.2. The van der Waals surface area contributed by atoms with Crippen molar-refractivity contribution in [2.75, 3.05) is 6.54 Å². The van der Waals surface area contributed by atoms with Crippen LogP contribution >= 0.6 is 0 Å². The molecule has 0 saturated carbocycles. The summed E-state index contributed by atoms with van der Waals surface area (Å²) in [6.07, 6.45) is 4.85. The molecule has 1 aromatic carbocycles. The maximum atomic E-state index is 12.8. The van der Waals surface area contributed by atoms with Crippen LogP contribution in [0.2, 0.25) is 0 Å². The average molecular weight is 297 g/mol. The van der Waals surface area contributed by atoms with Crippen LogP contribution in [0.1, 0.15) is 35.1 Å². The van der Waals surface area contributed by atoms with Gasteiger partial charge in [-0.3, -0.25) is 4.79 Å². The van der Waals surface area contributed by atoms with Crippen molar-refractivity contribution in [3.63, 3.8) is 0 Å². The van der Waals surface area contributed by atoms with Gasteiger partial charge in [0.05, 0.1) is 23.4 Å². The van der Waals surface area contributed by atoms with Gasteiger partial charge in [0.25, 0.3) is 5.91 Å². The first-order valence-corrected chi connectivity index (χ1v) is 7.22. The second-order valence-corrected chi connectivity index (χ2v) is 5.50. The number of hydrogen-bond acceptors (Lipinski definition) is 5. The van der Waals surface area contributed by atoms with E-state index in [0.29, 0.717) is 17.9 Å². The molecule has 0 aliphatic carbocycles.